The minimum atomic E-state index is -0.0415. The zero-order valence-electron chi connectivity index (χ0n) is 14.1. The Balaban J connectivity index is 1.56. The molecule has 0 aliphatic heterocycles. The first-order valence-corrected chi connectivity index (χ1v) is 8.66. The number of carbonyl (C=O) groups is 1. The molecule has 0 unspecified atom stereocenters. The molecule has 0 atom stereocenters. The van der Waals surface area contributed by atoms with Crippen LogP contribution in [0.1, 0.15) is 10.4 Å². The van der Waals surface area contributed by atoms with Gasteiger partial charge < -0.3 is 19.2 Å². The topological polar surface area (TPSA) is 60.7 Å². The van der Waals surface area contributed by atoms with E-state index >= 15 is 0 Å². The number of carbonyl (C=O) groups excluding carboxylic acids is 1. The molecule has 0 aliphatic rings. The number of ether oxygens (including phenoxy) is 2. The van der Waals surface area contributed by atoms with Gasteiger partial charge in [0.1, 0.15) is 5.76 Å². The molecule has 3 aromatic rings. The summed E-state index contributed by atoms with van der Waals surface area (Å²) in [6.07, 6.45) is 1.94. The molecule has 2 aromatic heterocycles. The van der Waals surface area contributed by atoms with Crippen LogP contribution in [-0.4, -0.2) is 20.1 Å². The highest BCUT2D eigenvalue weighted by molar-refractivity contribution is 7.10. The van der Waals surface area contributed by atoms with Crippen LogP contribution < -0.4 is 14.8 Å². The number of furan rings is 1. The second-order valence-electron chi connectivity index (χ2n) is 5.42. The van der Waals surface area contributed by atoms with E-state index in [0.717, 1.165) is 21.8 Å². The Kier molecular flexibility index (Phi) is 5.40. The number of hydrogen-bond acceptors (Lipinski definition) is 5. The normalized spacial score (nSPS) is 10.5. The number of methoxy groups -OCH3 is 2. The zero-order valence-corrected chi connectivity index (χ0v) is 14.9. The first-order chi connectivity index (χ1) is 12.2. The van der Waals surface area contributed by atoms with Crippen LogP contribution in [-0.2, 0) is 17.8 Å². The summed E-state index contributed by atoms with van der Waals surface area (Å²) in [7, 11) is 3.16. The fraction of sp³-hybridized carbons (Fsp3) is 0.211. The fourth-order valence-corrected chi connectivity index (χ4v) is 3.28. The predicted octanol–water partition coefficient (Wildman–Crippen LogP) is 3.88. The van der Waals surface area contributed by atoms with Gasteiger partial charge in [-0.25, -0.2) is 0 Å². The minimum absolute atomic E-state index is 0.0415. The third kappa shape index (κ3) is 4.22. The highest BCUT2D eigenvalue weighted by atomic mass is 32.1. The Morgan fingerprint density at radius 2 is 2.00 bits per heavy atom. The first kappa shape index (κ1) is 17.1. The van der Waals surface area contributed by atoms with Crippen LogP contribution in [0.5, 0.6) is 11.5 Å². The van der Waals surface area contributed by atoms with E-state index in [4.69, 9.17) is 13.9 Å². The Morgan fingerprint density at radius 3 is 2.72 bits per heavy atom. The maximum Gasteiger partial charge on any atom is 0.224 e. The molecule has 0 saturated carbocycles. The van der Waals surface area contributed by atoms with Gasteiger partial charge in [0.2, 0.25) is 5.91 Å². The molecule has 0 saturated heterocycles. The molecule has 130 valence electrons. The van der Waals surface area contributed by atoms with Crippen molar-refractivity contribution in [3.8, 4) is 22.8 Å². The van der Waals surface area contributed by atoms with Crippen molar-refractivity contribution in [2.45, 2.75) is 13.0 Å². The molecule has 1 aromatic carbocycles. The summed E-state index contributed by atoms with van der Waals surface area (Å²) in [5.74, 6) is 2.06. The molecule has 2 heterocycles. The van der Waals surface area contributed by atoms with Crippen LogP contribution >= 0.6 is 11.3 Å². The molecule has 25 heavy (non-hydrogen) atoms. The smallest absolute Gasteiger partial charge is 0.224 e. The molecule has 0 radical (unpaired) electrons. The van der Waals surface area contributed by atoms with Crippen LogP contribution in [0.2, 0.25) is 0 Å². The van der Waals surface area contributed by atoms with E-state index in [1.165, 1.54) is 0 Å². The third-order valence-electron chi connectivity index (χ3n) is 3.73. The van der Waals surface area contributed by atoms with Crippen LogP contribution in [0, 0.1) is 0 Å². The van der Waals surface area contributed by atoms with E-state index < -0.39 is 0 Å². The largest absolute Gasteiger partial charge is 0.493 e. The van der Waals surface area contributed by atoms with Gasteiger partial charge in [0, 0.05) is 15.8 Å². The van der Waals surface area contributed by atoms with Crippen molar-refractivity contribution in [3.05, 3.63) is 58.5 Å². The van der Waals surface area contributed by atoms with Crippen molar-refractivity contribution in [3.63, 3.8) is 0 Å². The van der Waals surface area contributed by atoms with E-state index in [1.54, 1.807) is 37.9 Å². The number of rotatable bonds is 7. The Hall–Kier alpha value is -2.73. The summed E-state index contributed by atoms with van der Waals surface area (Å²) in [6, 6.07) is 11.3. The van der Waals surface area contributed by atoms with Crippen molar-refractivity contribution in [1.29, 1.82) is 0 Å². The Morgan fingerprint density at radius 1 is 1.16 bits per heavy atom. The van der Waals surface area contributed by atoms with Gasteiger partial charge in [0.05, 0.1) is 33.4 Å². The number of amides is 1. The van der Waals surface area contributed by atoms with E-state index in [9.17, 15) is 4.79 Å². The van der Waals surface area contributed by atoms with Crippen molar-refractivity contribution in [2.75, 3.05) is 14.2 Å². The SMILES string of the molecule is COc1ccc(CC(=O)NCc2cc(-c3ccco3)cs2)cc1OC. The van der Waals surface area contributed by atoms with Gasteiger partial charge in [0.25, 0.3) is 0 Å². The molecular weight excluding hydrogens is 338 g/mol. The minimum Gasteiger partial charge on any atom is -0.493 e. The van der Waals surface area contributed by atoms with Crippen LogP contribution in [0.25, 0.3) is 11.3 Å². The van der Waals surface area contributed by atoms with E-state index in [-0.39, 0.29) is 12.3 Å². The van der Waals surface area contributed by atoms with Crippen molar-refractivity contribution in [2.24, 2.45) is 0 Å². The fourth-order valence-electron chi connectivity index (χ4n) is 2.47. The van der Waals surface area contributed by atoms with E-state index in [2.05, 4.69) is 5.32 Å². The highest BCUT2D eigenvalue weighted by Gasteiger charge is 2.10. The van der Waals surface area contributed by atoms with Crippen molar-refractivity contribution in [1.82, 2.24) is 5.32 Å². The van der Waals surface area contributed by atoms with Gasteiger partial charge in [-0.1, -0.05) is 6.07 Å². The quantitative estimate of drug-likeness (QED) is 0.697. The molecule has 6 heteroatoms. The number of benzene rings is 1. The van der Waals surface area contributed by atoms with Crippen LogP contribution in [0.3, 0.4) is 0 Å². The van der Waals surface area contributed by atoms with Crippen LogP contribution in [0.4, 0.5) is 0 Å². The average Bonchev–Trinajstić information content (AvgIpc) is 3.31. The van der Waals surface area contributed by atoms with Crippen molar-refractivity contribution >= 4 is 17.2 Å². The zero-order chi connectivity index (χ0) is 17.6. The van der Waals surface area contributed by atoms with Gasteiger partial charge in [-0.05, 0) is 35.9 Å². The molecule has 5 nitrogen and oxygen atoms in total. The maximum absolute atomic E-state index is 12.2. The lowest BCUT2D eigenvalue weighted by Crippen LogP contribution is -2.24. The van der Waals surface area contributed by atoms with Gasteiger partial charge >= 0.3 is 0 Å². The summed E-state index contributed by atoms with van der Waals surface area (Å²) in [6.45, 7) is 0.498. The predicted molar refractivity (Wildman–Crippen MR) is 97.1 cm³/mol. The second kappa shape index (κ2) is 7.90. The van der Waals surface area contributed by atoms with Crippen LogP contribution in [0.15, 0.2) is 52.5 Å². The summed E-state index contributed by atoms with van der Waals surface area (Å²) in [5.41, 5.74) is 1.90. The lowest BCUT2D eigenvalue weighted by Gasteiger charge is -2.09. The first-order valence-electron chi connectivity index (χ1n) is 7.78. The van der Waals surface area contributed by atoms with E-state index in [1.807, 2.05) is 35.7 Å². The molecule has 0 aliphatic carbocycles. The molecule has 3 rings (SSSR count). The Labute approximate surface area is 150 Å². The van der Waals surface area contributed by atoms with Gasteiger partial charge in [-0.15, -0.1) is 11.3 Å². The monoisotopic (exact) mass is 357 g/mol. The molecule has 1 amide bonds. The van der Waals surface area contributed by atoms with E-state index in [0.29, 0.717) is 18.0 Å². The summed E-state index contributed by atoms with van der Waals surface area (Å²) >= 11 is 1.60. The number of nitrogens with one attached hydrogen (secondary N) is 1. The Bertz CT molecular complexity index is 839. The average molecular weight is 357 g/mol. The lowest BCUT2D eigenvalue weighted by atomic mass is 10.1. The summed E-state index contributed by atoms with van der Waals surface area (Å²) in [4.78, 5) is 13.3. The van der Waals surface area contributed by atoms with Crippen molar-refractivity contribution < 1.29 is 18.7 Å². The van der Waals surface area contributed by atoms with Gasteiger partial charge in [0.15, 0.2) is 11.5 Å². The summed E-state index contributed by atoms with van der Waals surface area (Å²) in [5, 5.41) is 4.96. The number of thiophene rings is 1. The van der Waals surface area contributed by atoms with Gasteiger partial charge in [-0.3, -0.25) is 4.79 Å². The standard InChI is InChI=1S/C19H19NO4S/c1-22-17-6-5-13(8-18(17)23-2)9-19(21)20-11-15-10-14(12-25-15)16-4-3-7-24-16/h3-8,10,12H,9,11H2,1-2H3,(H,20,21). The molecule has 0 fully saturated rings. The highest BCUT2D eigenvalue weighted by Crippen LogP contribution is 2.28. The second-order valence-corrected chi connectivity index (χ2v) is 6.42. The molecular formula is C19H19NO4S. The molecule has 1 N–H and O–H groups in total. The number of hydrogen-bond donors (Lipinski definition) is 1. The molecule has 0 spiro atoms. The summed E-state index contributed by atoms with van der Waals surface area (Å²) < 4.78 is 15.8. The van der Waals surface area contributed by atoms with Gasteiger partial charge in [-0.2, -0.15) is 0 Å². The lowest BCUT2D eigenvalue weighted by molar-refractivity contribution is -0.120. The third-order valence-corrected chi connectivity index (χ3v) is 4.67. The maximum atomic E-state index is 12.2. The molecule has 0 bridgehead atoms.